The first-order chi connectivity index (χ1) is 10.0. The second-order valence-electron chi connectivity index (χ2n) is 5.29. The Balaban J connectivity index is 1.80. The van der Waals surface area contributed by atoms with Crippen molar-refractivity contribution in [2.24, 2.45) is 7.05 Å². The van der Waals surface area contributed by atoms with Gasteiger partial charge in [0.25, 0.3) is 5.91 Å². The Morgan fingerprint density at radius 2 is 1.95 bits per heavy atom. The van der Waals surface area contributed by atoms with E-state index < -0.39 is 0 Å². The maximum atomic E-state index is 12.1. The van der Waals surface area contributed by atoms with Crippen LogP contribution in [0.1, 0.15) is 23.1 Å². The van der Waals surface area contributed by atoms with E-state index in [1.165, 1.54) is 0 Å². The summed E-state index contributed by atoms with van der Waals surface area (Å²) >= 11 is 0. The molecule has 1 saturated heterocycles. The van der Waals surface area contributed by atoms with Crippen molar-refractivity contribution in [3.05, 3.63) is 17.5 Å². The molecule has 1 aromatic rings. The number of aromatic nitrogens is 2. The third-order valence-electron chi connectivity index (χ3n) is 3.92. The number of nitrogens with one attached hydrogen (secondary N) is 1. The summed E-state index contributed by atoms with van der Waals surface area (Å²) in [5, 5.41) is 6.74. The lowest BCUT2D eigenvalue weighted by atomic mass is 10.3. The molecule has 1 fully saturated rings. The highest BCUT2D eigenvalue weighted by atomic mass is 16.2. The number of nitrogens with zero attached hydrogens (tertiary/aromatic N) is 4. The third-order valence-corrected chi connectivity index (χ3v) is 3.92. The van der Waals surface area contributed by atoms with Crippen molar-refractivity contribution < 1.29 is 9.59 Å². The summed E-state index contributed by atoms with van der Waals surface area (Å²) in [6.07, 6.45) is 0. The van der Waals surface area contributed by atoms with Crippen molar-refractivity contribution in [1.82, 2.24) is 24.9 Å². The molecule has 0 atom stereocenters. The molecule has 116 valence electrons. The Hall–Kier alpha value is -1.89. The number of carbonyl (C=O) groups is 2. The molecule has 0 bridgehead atoms. The van der Waals surface area contributed by atoms with Gasteiger partial charge in [-0.2, -0.15) is 5.10 Å². The van der Waals surface area contributed by atoms with Gasteiger partial charge in [0.15, 0.2) is 0 Å². The molecule has 7 nitrogen and oxygen atoms in total. The summed E-state index contributed by atoms with van der Waals surface area (Å²) in [6, 6.07) is 1.71. The van der Waals surface area contributed by atoms with Gasteiger partial charge in [-0.15, -0.1) is 0 Å². The van der Waals surface area contributed by atoms with Crippen molar-refractivity contribution in [3.8, 4) is 0 Å². The van der Waals surface area contributed by atoms with Crippen molar-refractivity contribution in [3.63, 3.8) is 0 Å². The number of amides is 2. The first-order valence-corrected chi connectivity index (χ1v) is 7.30. The van der Waals surface area contributed by atoms with Crippen LogP contribution in [0.3, 0.4) is 0 Å². The molecule has 1 N–H and O–H groups in total. The Labute approximate surface area is 124 Å². The molecule has 21 heavy (non-hydrogen) atoms. The number of rotatable bonds is 4. The number of likely N-dealkylation sites (N-methyl/N-ethyl adjacent to an activating group) is 1. The summed E-state index contributed by atoms with van der Waals surface area (Å²) in [5.41, 5.74) is 1.25. The first-order valence-electron chi connectivity index (χ1n) is 7.30. The summed E-state index contributed by atoms with van der Waals surface area (Å²) < 4.78 is 1.64. The molecule has 0 spiro atoms. The molecule has 0 aliphatic carbocycles. The average Bonchev–Trinajstić information content (AvgIpc) is 2.84. The molecule has 1 aliphatic heterocycles. The Morgan fingerprint density at radius 3 is 2.48 bits per heavy atom. The minimum atomic E-state index is -0.306. The van der Waals surface area contributed by atoms with Crippen LogP contribution in [-0.2, 0) is 11.8 Å². The van der Waals surface area contributed by atoms with E-state index in [9.17, 15) is 9.59 Å². The lowest BCUT2D eigenvalue weighted by molar-refractivity contribution is -0.131. The van der Waals surface area contributed by atoms with Gasteiger partial charge in [0.2, 0.25) is 5.91 Å². The van der Waals surface area contributed by atoms with Crippen LogP contribution >= 0.6 is 0 Å². The summed E-state index contributed by atoms with van der Waals surface area (Å²) in [4.78, 5) is 28.1. The average molecular weight is 293 g/mol. The topological polar surface area (TPSA) is 70.5 Å². The number of aryl methyl sites for hydroxylation is 2. The number of carbonyl (C=O) groups excluding carboxylic acids is 2. The quantitative estimate of drug-likeness (QED) is 0.822. The zero-order valence-electron chi connectivity index (χ0n) is 12.9. The molecule has 7 heteroatoms. The molecule has 0 aromatic carbocycles. The Morgan fingerprint density at radius 1 is 1.29 bits per heavy atom. The van der Waals surface area contributed by atoms with Gasteiger partial charge in [-0.1, -0.05) is 6.92 Å². The predicted octanol–water partition coefficient (Wildman–Crippen LogP) is -0.378. The minimum absolute atomic E-state index is 0.0284. The van der Waals surface area contributed by atoms with Crippen molar-refractivity contribution in [2.45, 2.75) is 13.8 Å². The second kappa shape index (κ2) is 6.71. The largest absolute Gasteiger partial charge is 0.342 e. The van der Waals surface area contributed by atoms with E-state index in [1.54, 1.807) is 22.7 Å². The van der Waals surface area contributed by atoms with Crippen molar-refractivity contribution >= 4 is 11.8 Å². The van der Waals surface area contributed by atoms with Crippen LogP contribution in [-0.4, -0.2) is 70.7 Å². The number of hydrogen-bond donors (Lipinski definition) is 1. The minimum Gasteiger partial charge on any atom is -0.342 e. The third kappa shape index (κ3) is 3.81. The fourth-order valence-corrected chi connectivity index (χ4v) is 2.34. The second-order valence-corrected chi connectivity index (χ2v) is 5.29. The summed E-state index contributed by atoms with van der Waals surface area (Å²) in [7, 11) is 1.78. The highest BCUT2D eigenvalue weighted by Crippen LogP contribution is 2.03. The lowest BCUT2D eigenvalue weighted by Gasteiger charge is -2.34. The summed E-state index contributed by atoms with van der Waals surface area (Å²) in [6.45, 7) is 8.29. The summed E-state index contributed by atoms with van der Waals surface area (Å²) in [5.74, 6) is -0.342. The fourth-order valence-electron chi connectivity index (χ4n) is 2.34. The van der Waals surface area contributed by atoms with Gasteiger partial charge in [0.05, 0.1) is 6.54 Å². The SMILES string of the molecule is CCN1CCN(C(=O)CNC(=O)c2cc(C)n(C)n2)CC1. The van der Waals surface area contributed by atoms with E-state index in [0.29, 0.717) is 5.69 Å². The molecular formula is C14H23N5O2. The molecule has 0 radical (unpaired) electrons. The zero-order valence-corrected chi connectivity index (χ0v) is 12.9. The predicted molar refractivity (Wildman–Crippen MR) is 79.0 cm³/mol. The maximum absolute atomic E-state index is 12.1. The van der Waals surface area contributed by atoms with Crippen LogP contribution in [0.15, 0.2) is 6.07 Å². The normalized spacial score (nSPS) is 16.0. The first kappa shape index (κ1) is 15.5. The fraction of sp³-hybridized carbons (Fsp3) is 0.643. The number of hydrogen-bond acceptors (Lipinski definition) is 4. The van der Waals surface area contributed by atoms with Gasteiger partial charge < -0.3 is 15.1 Å². The molecule has 0 unspecified atom stereocenters. The molecule has 2 rings (SSSR count). The van der Waals surface area contributed by atoms with E-state index in [-0.39, 0.29) is 18.4 Å². The van der Waals surface area contributed by atoms with E-state index >= 15 is 0 Å². The van der Waals surface area contributed by atoms with Gasteiger partial charge in [-0.25, -0.2) is 0 Å². The van der Waals surface area contributed by atoms with E-state index in [2.05, 4.69) is 22.2 Å². The molecule has 2 heterocycles. The smallest absolute Gasteiger partial charge is 0.272 e. The molecule has 0 saturated carbocycles. The molecular weight excluding hydrogens is 270 g/mol. The monoisotopic (exact) mass is 293 g/mol. The van der Waals surface area contributed by atoms with Gasteiger partial charge in [0, 0.05) is 38.9 Å². The van der Waals surface area contributed by atoms with E-state index in [0.717, 1.165) is 38.4 Å². The van der Waals surface area contributed by atoms with Gasteiger partial charge >= 0.3 is 0 Å². The van der Waals surface area contributed by atoms with E-state index in [1.807, 2.05) is 6.92 Å². The van der Waals surface area contributed by atoms with Crippen molar-refractivity contribution in [2.75, 3.05) is 39.3 Å². The zero-order chi connectivity index (χ0) is 15.4. The Kier molecular flexibility index (Phi) is 4.95. The highest BCUT2D eigenvalue weighted by molar-refractivity contribution is 5.94. The van der Waals surface area contributed by atoms with Crippen LogP contribution in [0.4, 0.5) is 0 Å². The molecule has 1 aromatic heterocycles. The maximum Gasteiger partial charge on any atom is 0.272 e. The molecule has 2 amide bonds. The van der Waals surface area contributed by atoms with Crippen LogP contribution in [0.5, 0.6) is 0 Å². The molecule has 1 aliphatic rings. The lowest BCUT2D eigenvalue weighted by Crippen LogP contribution is -2.51. The van der Waals surface area contributed by atoms with Gasteiger partial charge in [-0.3, -0.25) is 14.3 Å². The van der Waals surface area contributed by atoms with E-state index in [4.69, 9.17) is 0 Å². The highest BCUT2D eigenvalue weighted by Gasteiger charge is 2.21. The van der Waals surface area contributed by atoms with Gasteiger partial charge in [0.1, 0.15) is 5.69 Å². The van der Waals surface area contributed by atoms with Crippen LogP contribution in [0.2, 0.25) is 0 Å². The van der Waals surface area contributed by atoms with Crippen molar-refractivity contribution in [1.29, 1.82) is 0 Å². The number of piperazine rings is 1. The van der Waals surface area contributed by atoms with Crippen LogP contribution in [0, 0.1) is 6.92 Å². The standard InChI is InChI=1S/C14H23N5O2/c1-4-18-5-7-19(8-6-18)13(20)10-15-14(21)12-9-11(2)17(3)16-12/h9H,4-8,10H2,1-3H3,(H,15,21). The van der Waals surface area contributed by atoms with Gasteiger partial charge in [-0.05, 0) is 19.5 Å². The Bertz CT molecular complexity index is 498. The van der Waals surface area contributed by atoms with Crippen LogP contribution in [0.25, 0.3) is 0 Å². The van der Waals surface area contributed by atoms with Crippen LogP contribution < -0.4 is 5.32 Å².